The highest BCUT2D eigenvalue weighted by Crippen LogP contribution is 2.23. The highest BCUT2D eigenvalue weighted by atomic mass is 32.1. The van der Waals surface area contributed by atoms with Crippen molar-refractivity contribution < 1.29 is 14.0 Å². The second-order valence-electron chi connectivity index (χ2n) is 5.18. The highest BCUT2D eigenvalue weighted by Gasteiger charge is 2.19. The molecule has 2 amide bonds. The predicted octanol–water partition coefficient (Wildman–Crippen LogP) is 2.66. The monoisotopic (exact) mass is 335 g/mol. The van der Waals surface area contributed by atoms with E-state index in [2.05, 4.69) is 10.6 Å². The van der Waals surface area contributed by atoms with Gasteiger partial charge in [0.2, 0.25) is 5.91 Å². The van der Waals surface area contributed by atoms with Crippen molar-refractivity contribution in [3.8, 4) is 0 Å². The van der Waals surface area contributed by atoms with Crippen LogP contribution in [0.1, 0.15) is 35.8 Å². The molecule has 5 nitrogen and oxygen atoms in total. The Morgan fingerprint density at radius 1 is 1.26 bits per heavy atom. The minimum Gasteiger partial charge on any atom is -0.366 e. The molecule has 0 saturated carbocycles. The third kappa shape index (κ3) is 4.37. The van der Waals surface area contributed by atoms with E-state index in [1.807, 2.05) is 6.92 Å². The van der Waals surface area contributed by atoms with E-state index in [0.717, 1.165) is 5.56 Å². The third-order valence-corrected chi connectivity index (χ3v) is 4.24. The summed E-state index contributed by atoms with van der Waals surface area (Å²) in [6.07, 6.45) is 0. The lowest BCUT2D eigenvalue weighted by molar-refractivity contribution is -0.117. The number of anilines is 1. The lowest BCUT2D eigenvalue weighted by Gasteiger charge is -2.20. The summed E-state index contributed by atoms with van der Waals surface area (Å²) in [7, 11) is 0. The molecule has 122 valence electrons. The predicted molar refractivity (Wildman–Crippen MR) is 88.9 cm³/mol. The van der Waals surface area contributed by atoms with Crippen molar-refractivity contribution in [2.75, 3.05) is 5.32 Å². The summed E-state index contributed by atoms with van der Waals surface area (Å²) in [5.41, 5.74) is 6.28. The largest absolute Gasteiger partial charge is 0.366 e. The molecule has 0 unspecified atom stereocenters. The topological polar surface area (TPSA) is 84.2 Å². The van der Waals surface area contributed by atoms with Gasteiger partial charge in [-0.25, -0.2) is 4.39 Å². The van der Waals surface area contributed by atoms with E-state index in [9.17, 15) is 14.0 Å². The summed E-state index contributed by atoms with van der Waals surface area (Å²) >= 11 is 1.23. The van der Waals surface area contributed by atoms with Gasteiger partial charge in [-0.1, -0.05) is 12.1 Å². The summed E-state index contributed by atoms with van der Waals surface area (Å²) in [5, 5.41) is 7.89. The van der Waals surface area contributed by atoms with Crippen molar-refractivity contribution in [1.82, 2.24) is 5.32 Å². The Kier molecular flexibility index (Phi) is 5.46. The number of hydrogen-bond acceptors (Lipinski definition) is 4. The zero-order valence-corrected chi connectivity index (χ0v) is 13.6. The zero-order valence-electron chi connectivity index (χ0n) is 12.8. The number of nitrogens with two attached hydrogens (primary N) is 1. The average molecular weight is 335 g/mol. The fourth-order valence-electron chi connectivity index (χ4n) is 2.14. The summed E-state index contributed by atoms with van der Waals surface area (Å²) in [5.74, 6) is -1.20. The van der Waals surface area contributed by atoms with Crippen LogP contribution in [0.5, 0.6) is 0 Å². The third-order valence-electron chi connectivity index (χ3n) is 3.41. The van der Waals surface area contributed by atoms with E-state index in [1.54, 1.807) is 30.5 Å². The lowest BCUT2D eigenvalue weighted by atomic mass is 10.1. The molecule has 0 aliphatic heterocycles. The molecular weight excluding hydrogens is 317 g/mol. The van der Waals surface area contributed by atoms with Gasteiger partial charge >= 0.3 is 0 Å². The number of thiophene rings is 1. The SMILES string of the molecule is C[C@H](N[C@@H](C)c1cccc(F)c1)C(=O)Nc1sccc1C(N)=O. The van der Waals surface area contributed by atoms with Crippen LogP contribution in [0.15, 0.2) is 35.7 Å². The molecule has 0 fully saturated rings. The van der Waals surface area contributed by atoms with Gasteiger partial charge in [0.25, 0.3) is 5.91 Å². The van der Waals surface area contributed by atoms with Crippen molar-refractivity contribution in [2.45, 2.75) is 25.9 Å². The van der Waals surface area contributed by atoms with Gasteiger partial charge in [0.05, 0.1) is 11.6 Å². The van der Waals surface area contributed by atoms with Crippen LogP contribution in [-0.4, -0.2) is 17.9 Å². The molecule has 23 heavy (non-hydrogen) atoms. The van der Waals surface area contributed by atoms with Gasteiger partial charge in [0.1, 0.15) is 10.8 Å². The van der Waals surface area contributed by atoms with Crippen molar-refractivity contribution in [3.63, 3.8) is 0 Å². The molecule has 0 bridgehead atoms. The fourth-order valence-corrected chi connectivity index (χ4v) is 2.94. The van der Waals surface area contributed by atoms with Crippen LogP contribution in [0, 0.1) is 5.82 Å². The number of carbonyl (C=O) groups is 2. The van der Waals surface area contributed by atoms with Crippen molar-refractivity contribution in [2.24, 2.45) is 5.73 Å². The summed E-state index contributed by atoms with van der Waals surface area (Å²) < 4.78 is 13.2. The fraction of sp³-hybridized carbons (Fsp3) is 0.250. The Bertz CT molecular complexity index is 717. The number of hydrogen-bond donors (Lipinski definition) is 3. The van der Waals surface area contributed by atoms with Crippen LogP contribution in [0.25, 0.3) is 0 Å². The van der Waals surface area contributed by atoms with Gasteiger partial charge in [-0.2, -0.15) is 0 Å². The van der Waals surface area contributed by atoms with Crippen molar-refractivity contribution in [3.05, 3.63) is 52.7 Å². The summed E-state index contributed by atoms with van der Waals surface area (Å²) in [4.78, 5) is 23.5. The Balaban J connectivity index is 1.99. The Labute approximate surface area is 137 Å². The van der Waals surface area contributed by atoms with Crippen LogP contribution < -0.4 is 16.4 Å². The zero-order chi connectivity index (χ0) is 17.0. The Hall–Kier alpha value is -2.25. The molecule has 0 aliphatic rings. The van der Waals surface area contributed by atoms with Gasteiger partial charge in [0, 0.05) is 6.04 Å². The maximum Gasteiger partial charge on any atom is 0.251 e. The van der Waals surface area contributed by atoms with Crippen LogP contribution in [-0.2, 0) is 4.79 Å². The first-order chi connectivity index (χ1) is 10.9. The number of primary amides is 1. The molecule has 1 aromatic heterocycles. The van der Waals surface area contributed by atoms with E-state index in [1.165, 1.54) is 23.5 Å². The Morgan fingerprint density at radius 3 is 2.65 bits per heavy atom. The molecule has 7 heteroatoms. The second-order valence-corrected chi connectivity index (χ2v) is 6.10. The lowest BCUT2D eigenvalue weighted by Crippen LogP contribution is -2.39. The minimum atomic E-state index is -0.588. The molecule has 0 spiro atoms. The van der Waals surface area contributed by atoms with Gasteiger partial charge in [-0.05, 0) is 43.0 Å². The van der Waals surface area contributed by atoms with Crippen LogP contribution in [0.3, 0.4) is 0 Å². The van der Waals surface area contributed by atoms with Crippen LogP contribution in [0.2, 0.25) is 0 Å². The molecule has 0 radical (unpaired) electrons. The van der Waals surface area contributed by atoms with Gasteiger partial charge in [-0.15, -0.1) is 11.3 Å². The van der Waals surface area contributed by atoms with Crippen molar-refractivity contribution >= 4 is 28.2 Å². The first-order valence-corrected chi connectivity index (χ1v) is 7.96. The summed E-state index contributed by atoms with van der Waals surface area (Å²) in [6.45, 7) is 3.54. The first kappa shape index (κ1) is 17.1. The molecule has 1 heterocycles. The molecule has 4 N–H and O–H groups in total. The summed E-state index contributed by atoms with van der Waals surface area (Å²) in [6, 6.07) is 7.03. The second kappa shape index (κ2) is 7.34. The maximum absolute atomic E-state index is 13.2. The Morgan fingerprint density at radius 2 is 2.00 bits per heavy atom. The van der Waals surface area contributed by atoms with E-state index in [-0.39, 0.29) is 23.3 Å². The molecule has 0 saturated heterocycles. The number of nitrogens with one attached hydrogen (secondary N) is 2. The molecule has 2 aromatic rings. The van der Waals surface area contributed by atoms with Gasteiger partial charge in [0.15, 0.2) is 0 Å². The number of rotatable bonds is 6. The normalized spacial score (nSPS) is 13.3. The van der Waals surface area contributed by atoms with Crippen LogP contribution in [0.4, 0.5) is 9.39 Å². The molecule has 1 aromatic carbocycles. The van der Waals surface area contributed by atoms with Crippen molar-refractivity contribution in [1.29, 1.82) is 0 Å². The van der Waals surface area contributed by atoms with E-state index in [4.69, 9.17) is 5.73 Å². The quantitative estimate of drug-likeness (QED) is 0.759. The molecule has 2 rings (SSSR count). The molecule has 0 aliphatic carbocycles. The van der Waals surface area contributed by atoms with Gasteiger partial charge in [-0.3, -0.25) is 14.9 Å². The maximum atomic E-state index is 13.2. The molecular formula is C16H18FN3O2S. The van der Waals surface area contributed by atoms with E-state index < -0.39 is 11.9 Å². The smallest absolute Gasteiger partial charge is 0.251 e. The van der Waals surface area contributed by atoms with Crippen LogP contribution >= 0.6 is 11.3 Å². The highest BCUT2D eigenvalue weighted by molar-refractivity contribution is 7.14. The van der Waals surface area contributed by atoms with E-state index in [0.29, 0.717) is 5.00 Å². The van der Waals surface area contributed by atoms with E-state index >= 15 is 0 Å². The average Bonchev–Trinajstić information content (AvgIpc) is 2.95. The molecule has 2 atom stereocenters. The number of halogens is 1. The number of benzene rings is 1. The first-order valence-electron chi connectivity index (χ1n) is 7.08. The standard InChI is InChI=1S/C16H18FN3O2S/c1-9(11-4-3-5-12(17)8-11)19-10(2)15(22)20-16-13(14(18)21)6-7-23-16/h3-10,19H,1-2H3,(H2,18,21)(H,20,22)/t9-,10-/m0/s1. The number of amides is 2. The number of carbonyl (C=O) groups excluding carboxylic acids is 2. The van der Waals surface area contributed by atoms with Gasteiger partial charge < -0.3 is 11.1 Å². The minimum absolute atomic E-state index is 0.203.